The van der Waals surface area contributed by atoms with Crippen molar-refractivity contribution >= 4 is 45.7 Å². The molecule has 0 saturated heterocycles. The van der Waals surface area contributed by atoms with Crippen LogP contribution in [0.1, 0.15) is 50.3 Å². The molecule has 0 unspecified atom stereocenters. The molecule has 0 spiro atoms. The Kier molecular flexibility index (Phi) is 9.87. The average Bonchev–Trinajstić information content (AvgIpc) is 2.97. The third-order valence-electron chi connectivity index (χ3n) is 6.68. The van der Waals surface area contributed by atoms with E-state index in [1.54, 1.807) is 38.4 Å². The third-order valence-corrected chi connectivity index (χ3v) is 7.48. The van der Waals surface area contributed by atoms with E-state index >= 15 is 0 Å². The zero-order chi connectivity index (χ0) is 30.6. The highest BCUT2D eigenvalue weighted by Gasteiger charge is 2.21. The quantitative estimate of drug-likeness (QED) is 0.109. The molecule has 0 aliphatic carbocycles. The first kappa shape index (κ1) is 31.0. The lowest BCUT2D eigenvalue weighted by atomic mass is 9.96. The van der Waals surface area contributed by atoms with Gasteiger partial charge in [0.1, 0.15) is 5.75 Å². The summed E-state index contributed by atoms with van der Waals surface area (Å²) in [7, 11) is 2.96. The predicted octanol–water partition coefficient (Wildman–Crippen LogP) is 6.33. The Morgan fingerprint density at radius 1 is 1.10 bits per heavy atom. The van der Waals surface area contributed by atoms with Crippen molar-refractivity contribution in [3.8, 4) is 28.6 Å². The summed E-state index contributed by atoms with van der Waals surface area (Å²) in [5.74, 6) is 1.76. The molecular weight excluding hydrogens is 649 g/mol. The fourth-order valence-corrected chi connectivity index (χ4v) is 5.28. The number of esters is 1. The van der Waals surface area contributed by atoms with Crippen molar-refractivity contribution in [3.05, 3.63) is 79.1 Å². The van der Waals surface area contributed by atoms with Crippen molar-refractivity contribution in [2.24, 2.45) is 5.10 Å². The average molecular weight is 684 g/mol. The van der Waals surface area contributed by atoms with E-state index in [4.69, 9.17) is 23.9 Å². The monoisotopic (exact) mass is 683 g/mol. The van der Waals surface area contributed by atoms with Gasteiger partial charge in [0.25, 0.3) is 5.56 Å². The van der Waals surface area contributed by atoms with Gasteiger partial charge in [0.15, 0.2) is 23.4 Å². The van der Waals surface area contributed by atoms with Gasteiger partial charge in [-0.05, 0) is 102 Å². The van der Waals surface area contributed by atoms with Crippen LogP contribution in [0.4, 0.5) is 0 Å². The molecule has 0 aliphatic rings. The Balaban J connectivity index is 1.88. The van der Waals surface area contributed by atoms with Crippen molar-refractivity contribution in [2.75, 3.05) is 20.8 Å². The molecule has 3 aromatic carbocycles. The molecule has 0 fully saturated rings. The second kappa shape index (κ2) is 13.4. The maximum atomic E-state index is 13.8. The topological polar surface area (TPSA) is 101 Å². The van der Waals surface area contributed by atoms with Crippen LogP contribution in [-0.2, 0) is 9.53 Å². The molecule has 0 bridgehead atoms. The number of methoxy groups -OCH3 is 2. The van der Waals surface area contributed by atoms with Crippen molar-refractivity contribution < 1.29 is 23.7 Å². The van der Waals surface area contributed by atoms with Crippen molar-refractivity contribution in [1.29, 1.82) is 0 Å². The van der Waals surface area contributed by atoms with Crippen LogP contribution in [0.3, 0.4) is 0 Å². The maximum Gasteiger partial charge on any atom is 0.346 e. The first-order valence-electron chi connectivity index (χ1n) is 13.5. The van der Waals surface area contributed by atoms with E-state index < -0.39 is 12.1 Å². The van der Waals surface area contributed by atoms with Crippen LogP contribution < -0.4 is 19.8 Å². The number of carbonyl (C=O) groups excluding carboxylic acids is 1. The highest BCUT2D eigenvalue weighted by atomic mass is 127. The van der Waals surface area contributed by atoms with E-state index in [0.717, 1.165) is 22.4 Å². The van der Waals surface area contributed by atoms with E-state index in [9.17, 15) is 9.59 Å². The van der Waals surface area contributed by atoms with Gasteiger partial charge in [-0.15, -0.1) is 0 Å². The zero-order valence-corrected chi connectivity index (χ0v) is 26.9. The Labute approximate surface area is 258 Å². The largest absolute Gasteiger partial charge is 0.496 e. The molecule has 42 heavy (non-hydrogen) atoms. The number of ether oxygens (including phenoxy) is 4. The summed E-state index contributed by atoms with van der Waals surface area (Å²) >= 11 is 2.12. The molecule has 10 heteroatoms. The second-order valence-electron chi connectivity index (χ2n) is 9.92. The summed E-state index contributed by atoms with van der Waals surface area (Å²) in [5.41, 5.74) is 3.64. The Bertz CT molecular complexity index is 1710. The molecule has 0 amide bonds. The van der Waals surface area contributed by atoms with Gasteiger partial charge in [0.2, 0.25) is 0 Å². The van der Waals surface area contributed by atoms with Gasteiger partial charge < -0.3 is 18.9 Å². The standard InChI is InChI=1S/C32H34IN3O6/c1-8-41-28-15-21(14-25(33)29(28)42-20(5)32(38)40-7)17-34-36-30(35-26-12-10-9-11-22(26)31(36)37)24-16-23(18(2)3)27(39-6)13-19(24)4/h9-18,20H,8H2,1-7H3/t20-/m0/s1. The number of aryl methyl sites for hydroxylation is 1. The van der Waals surface area contributed by atoms with Crippen molar-refractivity contribution in [1.82, 2.24) is 9.66 Å². The minimum absolute atomic E-state index is 0.185. The number of benzene rings is 3. The van der Waals surface area contributed by atoms with Crippen LogP contribution in [0.2, 0.25) is 0 Å². The zero-order valence-electron chi connectivity index (χ0n) is 24.7. The van der Waals surface area contributed by atoms with Gasteiger partial charge in [0, 0.05) is 5.56 Å². The minimum atomic E-state index is -0.824. The number of halogens is 1. The third kappa shape index (κ3) is 6.43. The SMILES string of the molecule is CCOc1cc(C=Nn2c(-c3cc(C(C)C)c(OC)cc3C)nc3ccccc3c2=O)cc(I)c1O[C@@H](C)C(=O)OC. The molecule has 0 aliphatic heterocycles. The molecule has 9 nitrogen and oxygen atoms in total. The maximum absolute atomic E-state index is 13.8. The van der Waals surface area contributed by atoms with E-state index in [1.165, 1.54) is 11.8 Å². The molecule has 0 N–H and O–H groups in total. The number of fused-ring (bicyclic) bond motifs is 1. The van der Waals surface area contributed by atoms with Gasteiger partial charge in [-0.1, -0.05) is 26.0 Å². The molecule has 1 heterocycles. The number of hydrogen-bond acceptors (Lipinski definition) is 8. The molecule has 4 rings (SSSR count). The van der Waals surface area contributed by atoms with Gasteiger partial charge in [-0.25, -0.2) is 9.78 Å². The van der Waals surface area contributed by atoms with Gasteiger partial charge in [0.05, 0.1) is 41.5 Å². The van der Waals surface area contributed by atoms with Gasteiger partial charge in [-0.3, -0.25) is 4.79 Å². The molecule has 220 valence electrons. The Hall–Kier alpha value is -3.93. The lowest BCUT2D eigenvalue weighted by Crippen LogP contribution is -2.25. The summed E-state index contributed by atoms with van der Waals surface area (Å²) in [5, 5.41) is 5.10. The first-order valence-corrected chi connectivity index (χ1v) is 14.6. The number of rotatable bonds is 10. The first-order chi connectivity index (χ1) is 20.1. The van der Waals surface area contributed by atoms with Crippen LogP contribution in [0.25, 0.3) is 22.3 Å². The molecule has 1 atom stereocenters. The predicted molar refractivity (Wildman–Crippen MR) is 172 cm³/mol. The molecule has 1 aromatic heterocycles. The molecule has 0 saturated carbocycles. The second-order valence-corrected chi connectivity index (χ2v) is 11.1. The summed E-state index contributed by atoms with van der Waals surface area (Å²) < 4.78 is 24.2. The van der Waals surface area contributed by atoms with E-state index in [-0.39, 0.29) is 11.5 Å². The van der Waals surface area contributed by atoms with E-state index in [1.807, 2.05) is 44.2 Å². The Morgan fingerprint density at radius 3 is 2.50 bits per heavy atom. The number of hydrogen-bond donors (Lipinski definition) is 0. The number of aromatic nitrogens is 2. The van der Waals surface area contributed by atoms with Crippen LogP contribution in [0, 0.1) is 10.5 Å². The summed E-state index contributed by atoms with van der Waals surface area (Å²) in [6.07, 6.45) is 0.761. The van der Waals surface area contributed by atoms with Gasteiger partial charge >= 0.3 is 5.97 Å². The number of carbonyl (C=O) groups is 1. The normalized spacial score (nSPS) is 12.1. The summed E-state index contributed by atoms with van der Waals surface area (Å²) in [4.78, 5) is 30.6. The highest BCUT2D eigenvalue weighted by molar-refractivity contribution is 14.1. The van der Waals surface area contributed by atoms with Crippen LogP contribution in [-0.4, -0.2) is 48.8 Å². The lowest BCUT2D eigenvalue weighted by Gasteiger charge is -2.18. The fraction of sp³-hybridized carbons (Fsp3) is 0.312. The van der Waals surface area contributed by atoms with Gasteiger partial charge in [-0.2, -0.15) is 9.78 Å². The summed E-state index contributed by atoms with van der Waals surface area (Å²) in [6.45, 7) is 9.99. The minimum Gasteiger partial charge on any atom is -0.496 e. The van der Waals surface area contributed by atoms with Crippen LogP contribution >= 0.6 is 22.6 Å². The summed E-state index contributed by atoms with van der Waals surface area (Å²) in [6, 6.07) is 14.8. The fourth-order valence-electron chi connectivity index (χ4n) is 4.53. The molecular formula is C32H34IN3O6. The van der Waals surface area contributed by atoms with Crippen molar-refractivity contribution in [2.45, 2.75) is 46.6 Å². The lowest BCUT2D eigenvalue weighted by molar-refractivity contribution is -0.148. The van der Waals surface area contributed by atoms with E-state index in [0.29, 0.717) is 44.0 Å². The molecule has 4 aromatic rings. The van der Waals surface area contributed by atoms with Crippen LogP contribution in [0.5, 0.6) is 17.2 Å². The number of para-hydroxylation sites is 1. The van der Waals surface area contributed by atoms with Crippen LogP contribution in [0.15, 0.2) is 58.4 Å². The number of nitrogens with zero attached hydrogens (tertiary/aromatic N) is 3. The molecule has 0 radical (unpaired) electrons. The highest BCUT2D eigenvalue weighted by Crippen LogP contribution is 2.36. The smallest absolute Gasteiger partial charge is 0.346 e. The van der Waals surface area contributed by atoms with E-state index in [2.05, 4.69) is 41.5 Å². The van der Waals surface area contributed by atoms with Crippen molar-refractivity contribution in [3.63, 3.8) is 0 Å². The Morgan fingerprint density at radius 2 is 1.83 bits per heavy atom.